The Labute approximate surface area is 127 Å². The van der Waals surface area contributed by atoms with Gasteiger partial charge in [0.2, 0.25) is 5.91 Å². The summed E-state index contributed by atoms with van der Waals surface area (Å²) < 4.78 is 1.48. The van der Waals surface area contributed by atoms with Crippen LogP contribution in [0.1, 0.15) is 37.0 Å². The van der Waals surface area contributed by atoms with Gasteiger partial charge in [0, 0.05) is 12.0 Å². The molecule has 0 aliphatic rings. The fraction of sp³-hybridized carbons (Fsp3) is 0.357. The van der Waals surface area contributed by atoms with Crippen LogP contribution in [-0.4, -0.2) is 32.0 Å². The van der Waals surface area contributed by atoms with Gasteiger partial charge in [-0.05, 0) is 47.0 Å². The first kappa shape index (κ1) is 15.6. The molecule has 116 valence electrons. The molecule has 0 fully saturated rings. The minimum Gasteiger partial charge on any atom is -0.273 e. The van der Waals surface area contributed by atoms with Crippen molar-refractivity contribution >= 4 is 11.8 Å². The highest BCUT2D eigenvalue weighted by molar-refractivity contribution is 5.95. The molecule has 22 heavy (non-hydrogen) atoms. The number of rotatable bonds is 5. The summed E-state index contributed by atoms with van der Waals surface area (Å²) in [5.41, 5.74) is 5.96. The number of hydrogen-bond donors (Lipinski definition) is 2. The Morgan fingerprint density at radius 1 is 1.18 bits per heavy atom. The van der Waals surface area contributed by atoms with Crippen LogP contribution in [0.5, 0.6) is 0 Å². The number of nitrogens with one attached hydrogen (secondary N) is 2. The second-order valence-corrected chi connectivity index (χ2v) is 5.24. The average molecular weight is 302 g/mol. The number of aromatic nitrogens is 4. The molecule has 0 saturated heterocycles. The largest absolute Gasteiger partial charge is 0.273 e. The highest BCUT2D eigenvalue weighted by Gasteiger charge is 2.08. The van der Waals surface area contributed by atoms with Crippen LogP contribution in [0.3, 0.4) is 0 Å². The van der Waals surface area contributed by atoms with E-state index < -0.39 is 0 Å². The first-order valence-electron chi connectivity index (χ1n) is 6.99. The fourth-order valence-electron chi connectivity index (χ4n) is 1.73. The van der Waals surface area contributed by atoms with E-state index in [4.69, 9.17) is 0 Å². The van der Waals surface area contributed by atoms with Crippen molar-refractivity contribution < 1.29 is 9.59 Å². The van der Waals surface area contributed by atoms with E-state index in [1.165, 1.54) is 11.0 Å². The number of carbonyl (C=O) groups excluding carboxylic acids is 2. The van der Waals surface area contributed by atoms with E-state index in [0.29, 0.717) is 17.9 Å². The predicted octanol–water partition coefficient (Wildman–Crippen LogP) is 0.859. The molecule has 0 spiro atoms. The van der Waals surface area contributed by atoms with Crippen molar-refractivity contribution in [2.75, 3.05) is 0 Å². The molecule has 0 radical (unpaired) electrons. The number of carbonyl (C=O) groups is 2. The lowest BCUT2D eigenvalue weighted by atomic mass is 10.1. The summed E-state index contributed by atoms with van der Waals surface area (Å²) in [4.78, 5) is 23.5. The van der Waals surface area contributed by atoms with Gasteiger partial charge < -0.3 is 0 Å². The van der Waals surface area contributed by atoms with Crippen LogP contribution in [-0.2, 0) is 4.79 Å². The van der Waals surface area contributed by atoms with E-state index >= 15 is 0 Å². The second kappa shape index (κ2) is 7.30. The van der Waals surface area contributed by atoms with Crippen LogP contribution < -0.4 is 10.9 Å². The highest BCUT2D eigenvalue weighted by Crippen LogP contribution is 2.07. The predicted molar refractivity (Wildman–Crippen MR) is 78.8 cm³/mol. The molecule has 0 atom stereocenters. The molecular formula is C14H18N6O2. The Bertz CT molecular complexity index is 621. The molecule has 2 amide bonds. The van der Waals surface area contributed by atoms with Crippen LogP contribution in [0.25, 0.3) is 5.69 Å². The van der Waals surface area contributed by atoms with Crippen molar-refractivity contribution in [2.24, 2.45) is 5.92 Å². The minimum atomic E-state index is -0.374. The molecule has 1 aromatic heterocycles. The molecule has 2 rings (SSSR count). The van der Waals surface area contributed by atoms with Crippen LogP contribution in [0.2, 0.25) is 0 Å². The normalized spacial score (nSPS) is 10.5. The van der Waals surface area contributed by atoms with Crippen molar-refractivity contribution in [1.82, 2.24) is 31.1 Å². The third-order valence-corrected chi connectivity index (χ3v) is 3.01. The van der Waals surface area contributed by atoms with Crippen molar-refractivity contribution in [3.63, 3.8) is 0 Å². The SMILES string of the molecule is CC(C)CCC(=O)NNC(=O)c1ccc(-n2cnnn2)cc1. The molecule has 2 N–H and O–H groups in total. The topological polar surface area (TPSA) is 102 Å². The Hall–Kier alpha value is -2.77. The zero-order valence-corrected chi connectivity index (χ0v) is 12.5. The number of hydrogen-bond acceptors (Lipinski definition) is 5. The summed E-state index contributed by atoms with van der Waals surface area (Å²) in [6, 6.07) is 6.69. The molecule has 0 aliphatic heterocycles. The van der Waals surface area contributed by atoms with Gasteiger partial charge in [0.25, 0.3) is 5.91 Å². The summed E-state index contributed by atoms with van der Waals surface area (Å²) in [5.74, 6) is -0.131. The van der Waals surface area contributed by atoms with Gasteiger partial charge >= 0.3 is 0 Å². The Balaban J connectivity index is 1.86. The lowest BCUT2D eigenvalue weighted by Crippen LogP contribution is -2.41. The summed E-state index contributed by atoms with van der Waals surface area (Å²) in [6.07, 6.45) is 2.63. The van der Waals surface area contributed by atoms with Gasteiger partial charge in [-0.1, -0.05) is 13.8 Å². The van der Waals surface area contributed by atoms with Crippen molar-refractivity contribution in [3.05, 3.63) is 36.2 Å². The van der Waals surface area contributed by atoms with Gasteiger partial charge in [0.05, 0.1) is 5.69 Å². The molecule has 0 aliphatic carbocycles. The third kappa shape index (κ3) is 4.37. The third-order valence-electron chi connectivity index (χ3n) is 3.01. The first-order chi connectivity index (χ1) is 10.6. The monoisotopic (exact) mass is 302 g/mol. The molecular weight excluding hydrogens is 284 g/mol. The smallest absolute Gasteiger partial charge is 0.269 e. The Morgan fingerprint density at radius 3 is 2.50 bits per heavy atom. The lowest BCUT2D eigenvalue weighted by Gasteiger charge is -2.08. The van der Waals surface area contributed by atoms with Gasteiger partial charge in [-0.15, -0.1) is 5.10 Å². The average Bonchev–Trinajstić information content (AvgIpc) is 3.05. The Morgan fingerprint density at radius 2 is 1.91 bits per heavy atom. The van der Waals surface area contributed by atoms with Gasteiger partial charge in [-0.2, -0.15) is 0 Å². The van der Waals surface area contributed by atoms with Crippen LogP contribution in [0.4, 0.5) is 0 Å². The van der Waals surface area contributed by atoms with Gasteiger partial charge in [-0.25, -0.2) is 4.68 Å². The summed E-state index contributed by atoms with van der Waals surface area (Å²) in [6.45, 7) is 4.08. The lowest BCUT2D eigenvalue weighted by molar-refractivity contribution is -0.122. The van der Waals surface area contributed by atoms with E-state index in [9.17, 15) is 9.59 Å². The molecule has 0 bridgehead atoms. The summed E-state index contributed by atoms with van der Waals surface area (Å²) in [7, 11) is 0. The number of hydrazine groups is 1. The van der Waals surface area contributed by atoms with E-state index in [0.717, 1.165) is 12.1 Å². The zero-order chi connectivity index (χ0) is 15.9. The van der Waals surface area contributed by atoms with Gasteiger partial charge in [0.1, 0.15) is 6.33 Å². The van der Waals surface area contributed by atoms with Crippen molar-refractivity contribution in [1.29, 1.82) is 0 Å². The van der Waals surface area contributed by atoms with E-state index in [2.05, 4.69) is 26.4 Å². The minimum absolute atomic E-state index is 0.202. The maximum atomic E-state index is 11.9. The highest BCUT2D eigenvalue weighted by atomic mass is 16.2. The summed E-state index contributed by atoms with van der Waals surface area (Å²) >= 11 is 0. The van der Waals surface area contributed by atoms with Gasteiger partial charge in [-0.3, -0.25) is 20.4 Å². The number of amides is 2. The summed E-state index contributed by atoms with van der Waals surface area (Å²) in [5, 5.41) is 10.8. The molecule has 8 heteroatoms. The maximum Gasteiger partial charge on any atom is 0.269 e. The number of benzene rings is 1. The number of nitrogens with zero attached hydrogens (tertiary/aromatic N) is 4. The molecule has 0 unspecified atom stereocenters. The van der Waals surface area contributed by atoms with Crippen LogP contribution in [0.15, 0.2) is 30.6 Å². The van der Waals surface area contributed by atoms with Crippen molar-refractivity contribution in [2.45, 2.75) is 26.7 Å². The number of tetrazole rings is 1. The van der Waals surface area contributed by atoms with E-state index in [1.54, 1.807) is 24.3 Å². The fourth-order valence-corrected chi connectivity index (χ4v) is 1.73. The standard InChI is InChI=1S/C14H18N6O2/c1-10(2)3-8-13(21)16-17-14(22)11-4-6-12(7-5-11)20-9-15-18-19-20/h4-7,9-10H,3,8H2,1-2H3,(H,16,21)(H,17,22). The molecule has 8 nitrogen and oxygen atoms in total. The molecule has 0 saturated carbocycles. The second-order valence-electron chi connectivity index (χ2n) is 5.24. The van der Waals surface area contributed by atoms with Crippen LogP contribution in [0, 0.1) is 5.92 Å². The quantitative estimate of drug-likeness (QED) is 0.798. The molecule has 2 aromatic rings. The first-order valence-corrected chi connectivity index (χ1v) is 6.99. The Kier molecular flexibility index (Phi) is 5.18. The molecule has 1 heterocycles. The maximum absolute atomic E-state index is 11.9. The van der Waals surface area contributed by atoms with Crippen LogP contribution >= 0.6 is 0 Å². The zero-order valence-electron chi connectivity index (χ0n) is 12.5. The van der Waals surface area contributed by atoms with E-state index in [-0.39, 0.29) is 11.8 Å². The van der Waals surface area contributed by atoms with Crippen molar-refractivity contribution in [3.8, 4) is 5.69 Å². The molecule has 1 aromatic carbocycles. The van der Waals surface area contributed by atoms with Gasteiger partial charge in [0.15, 0.2) is 0 Å². The van der Waals surface area contributed by atoms with E-state index in [1.807, 2.05) is 13.8 Å².